The lowest BCUT2D eigenvalue weighted by Gasteiger charge is -2.09. The summed E-state index contributed by atoms with van der Waals surface area (Å²) < 4.78 is 74.6. The Bertz CT molecular complexity index is 949. The molecule has 0 aliphatic heterocycles. The lowest BCUT2D eigenvalue weighted by Crippen LogP contribution is -2.09. The first kappa shape index (κ1) is 18.7. The molecule has 3 aromatic heterocycles. The average molecular weight is 386 g/mol. The van der Waals surface area contributed by atoms with E-state index in [0.717, 1.165) is 38.4 Å². The van der Waals surface area contributed by atoms with Crippen LogP contribution in [0.25, 0.3) is 23.0 Å². The van der Waals surface area contributed by atoms with Gasteiger partial charge in [-0.25, -0.2) is 13.8 Å². The number of halogens is 5. The van der Waals surface area contributed by atoms with Crippen LogP contribution in [0.1, 0.15) is 18.2 Å². The second kappa shape index (κ2) is 6.56. The van der Waals surface area contributed by atoms with E-state index in [2.05, 4.69) is 20.1 Å². The van der Waals surface area contributed by atoms with Crippen molar-refractivity contribution in [3.05, 3.63) is 41.7 Å². The molecule has 27 heavy (non-hydrogen) atoms. The first-order chi connectivity index (χ1) is 12.6. The van der Waals surface area contributed by atoms with Gasteiger partial charge < -0.3 is 9.26 Å². The van der Waals surface area contributed by atoms with Crippen LogP contribution < -0.4 is 4.74 Å². The number of aromatic nitrogens is 4. The Morgan fingerprint density at radius 1 is 1.00 bits per heavy atom. The summed E-state index contributed by atoms with van der Waals surface area (Å²) >= 11 is 0. The maximum absolute atomic E-state index is 13.2. The number of hydrogen-bond donors (Lipinski definition) is 0. The highest BCUT2D eigenvalue weighted by atomic mass is 19.4. The minimum Gasteiger partial charge on any atom is -0.480 e. The van der Waals surface area contributed by atoms with Crippen LogP contribution in [0.2, 0.25) is 0 Å². The summed E-state index contributed by atoms with van der Waals surface area (Å²) in [4.78, 5) is 11.2. The monoisotopic (exact) mass is 386 g/mol. The van der Waals surface area contributed by atoms with Gasteiger partial charge in [-0.1, -0.05) is 5.16 Å². The molecule has 6 nitrogen and oxygen atoms in total. The average Bonchev–Trinajstić information content (AvgIpc) is 3.09. The van der Waals surface area contributed by atoms with Gasteiger partial charge in [0.25, 0.3) is 11.8 Å². The third-order valence-electron chi connectivity index (χ3n) is 3.50. The summed E-state index contributed by atoms with van der Waals surface area (Å²) in [6.07, 6.45) is -3.67. The van der Waals surface area contributed by atoms with Gasteiger partial charge in [-0.3, -0.25) is 4.98 Å². The zero-order chi connectivity index (χ0) is 19.8. The van der Waals surface area contributed by atoms with Crippen molar-refractivity contribution in [2.45, 2.75) is 19.0 Å². The Morgan fingerprint density at radius 3 is 2.30 bits per heavy atom. The fourth-order valence-corrected chi connectivity index (χ4v) is 2.14. The van der Waals surface area contributed by atoms with Gasteiger partial charge in [0.05, 0.1) is 12.7 Å². The van der Waals surface area contributed by atoms with Crippen molar-refractivity contribution in [1.29, 1.82) is 0 Å². The van der Waals surface area contributed by atoms with Gasteiger partial charge in [-0.2, -0.15) is 18.2 Å². The van der Waals surface area contributed by atoms with E-state index in [1.54, 1.807) is 0 Å². The SMILES string of the molecule is COc1nc(C(F)(F)F)ccc1-c1noc(-c2ccc(C(C)(F)F)cn2)n1. The Morgan fingerprint density at radius 2 is 1.74 bits per heavy atom. The standard InChI is InChI=1S/C16H11F5N4O2/c1-15(17,18)8-3-5-10(22-7-8)14-24-12(25-27-14)9-4-6-11(16(19,20)21)23-13(9)26-2/h3-7H,1-2H3. The number of rotatable bonds is 4. The smallest absolute Gasteiger partial charge is 0.433 e. The fraction of sp³-hybridized carbons (Fsp3) is 0.250. The lowest BCUT2D eigenvalue weighted by molar-refractivity contribution is -0.141. The quantitative estimate of drug-likeness (QED) is 0.622. The van der Waals surface area contributed by atoms with Crippen molar-refractivity contribution in [1.82, 2.24) is 20.1 Å². The van der Waals surface area contributed by atoms with Gasteiger partial charge in [0, 0.05) is 18.7 Å². The van der Waals surface area contributed by atoms with Crippen molar-refractivity contribution in [3.8, 4) is 28.9 Å². The molecule has 0 aromatic carbocycles. The maximum Gasteiger partial charge on any atom is 0.433 e. The second-order valence-corrected chi connectivity index (χ2v) is 5.49. The molecular weight excluding hydrogens is 375 g/mol. The van der Waals surface area contributed by atoms with Crippen molar-refractivity contribution >= 4 is 0 Å². The molecular formula is C16H11F5N4O2. The zero-order valence-electron chi connectivity index (χ0n) is 13.9. The number of ether oxygens (including phenoxy) is 1. The number of hydrogen-bond acceptors (Lipinski definition) is 6. The molecule has 3 aromatic rings. The van der Waals surface area contributed by atoms with Gasteiger partial charge >= 0.3 is 6.18 Å². The van der Waals surface area contributed by atoms with E-state index < -0.39 is 17.8 Å². The predicted octanol–water partition coefficient (Wildman–Crippen LogP) is 4.33. The molecule has 0 amide bonds. The van der Waals surface area contributed by atoms with E-state index in [9.17, 15) is 22.0 Å². The van der Waals surface area contributed by atoms with Crippen LogP contribution in [0, 0.1) is 0 Å². The van der Waals surface area contributed by atoms with Crippen LogP contribution in [0.3, 0.4) is 0 Å². The van der Waals surface area contributed by atoms with Crippen LogP contribution >= 0.6 is 0 Å². The van der Waals surface area contributed by atoms with Crippen LogP contribution in [0.4, 0.5) is 22.0 Å². The van der Waals surface area contributed by atoms with E-state index >= 15 is 0 Å². The normalized spacial score (nSPS) is 12.3. The molecule has 0 fully saturated rings. The highest BCUT2D eigenvalue weighted by molar-refractivity contribution is 5.63. The van der Waals surface area contributed by atoms with E-state index in [1.807, 2.05) is 0 Å². The molecule has 0 spiro atoms. The first-order valence-electron chi connectivity index (χ1n) is 7.40. The summed E-state index contributed by atoms with van der Waals surface area (Å²) in [6, 6.07) is 4.28. The lowest BCUT2D eigenvalue weighted by atomic mass is 10.1. The molecule has 3 rings (SSSR count). The summed E-state index contributed by atoms with van der Waals surface area (Å²) in [6.45, 7) is 0.734. The second-order valence-electron chi connectivity index (χ2n) is 5.49. The van der Waals surface area contributed by atoms with Crippen LogP contribution in [-0.2, 0) is 12.1 Å². The molecule has 11 heteroatoms. The third-order valence-corrected chi connectivity index (χ3v) is 3.50. The molecule has 0 N–H and O–H groups in total. The van der Waals surface area contributed by atoms with E-state index in [0.29, 0.717) is 0 Å². The molecule has 142 valence electrons. The summed E-state index contributed by atoms with van der Waals surface area (Å²) in [5.41, 5.74) is -1.23. The Kier molecular flexibility index (Phi) is 4.54. The van der Waals surface area contributed by atoms with Gasteiger partial charge in [0.15, 0.2) is 0 Å². The molecule has 3 heterocycles. The minimum atomic E-state index is -4.64. The van der Waals surface area contributed by atoms with Crippen LogP contribution in [0.15, 0.2) is 35.0 Å². The molecule has 0 aliphatic carbocycles. The molecule has 0 atom stereocenters. The first-order valence-corrected chi connectivity index (χ1v) is 7.40. The molecule has 0 aliphatic rings. The highest BCUT2D eigenvalue weighted by Crippen LogP contribution is 2.34. The molecule has 0 bridgehead atoms. The number of methoxy groups -OCH3 is 1. The van der Waals surface area contributed by atoms with E-state index in [1.165, 1.54) is 6.07 Å². The van der Waals surface area contributed by atoms with Crippen molar-refractivity contribution < 1.29 is 31.2 Å². The summed E-state index contributed by atoms with van der Waals surface area (Å²) in [5, 5.41) is 3.66. The molecule has 0 saturated carbocycles. The summed E-state index contributed by atoms with van der Waals surface area (Å²) in [5.74, 6) is -3.58. The Hall–Kier alpha value is -3.11. The number of alkyl halides is 5. The van der Waals surface area contributed by atoms with Crippen LogP contribution in [-0.4, -0.2) is 27.2 Å². The van der Waals surface area contributed by atoms with Gasteiger partial charge in [0.1, 0.15) is 11.4 Å². The van der Waals surface area contributed by atoms with Gasteiger partial charge in [-0.05, 0) is 24.3 Å². The largest absolute Gasteiger partial charge is 0.480 e. The van der Waals surface area contributed by atoms with E-state index in [-0.39, 0.29) is 34.4 Å². The van der Waals surface area contributed by atoms with Crippen molar-refractivity contribution in [3.63, 3.8) is 0 Å². The fourth-order valence-electron chi connectivity index (χ4n) is 2.14. The van der Waals surface area contributed by atoms with Gasteiger partial charge in [0.2, 0.25) is 11.7 Å². The van der Waals surface area contributed by atoms with Crippen LogP contribution in [0.5, 0.6) is 5.88 Å². The number of nitrogens with zero attached hydrogens (tertiary/aromatic N) is 4. The molecule has 0 saturated heterocycles. The topological polar surface area (TPSA) is 73.9 Å². The maximum atomic E-state index is 13.2. The third kappa shape index (κ3) is 3.86. The Balaban J connectivity index is 1.94. The van der Waals surface area contributed by atoms with Crippen molar-refractivity contribution in [2.75, 3.05) is 7.11 Å². The molecule has 0 unspecified atom stereocenters. The van der Waals surface area contributed by atoms with E-state index in [4.69, 9.17) is 9.26 Å². The predicted molar refractivity (Wildman–Crippen MR) is 81.9 cm³/mol. The molecule has 0 radical (unpaired) electrons. The van der Waals surface area contributed by atoms with Crippen molar-refractivity contribution in [2.24, 2.45) is 0 Å². The number of pyridine rings is 2. The zero-order valence-corrected chi connectivity index (χ0v) is 13.9. The Labute approximate surface area is 149 Å². The van der Waals surface area contributed by atoms with Gasteiger partial charge in [-0.15, -0.1) is 0 Å². The summed E-state index contributed by atoms with van der Waals surface area (Å²) in [7, 11) is 1.15. The minimum absolute atomic E-state index is 0.0669. The highest BCUT2D eigenvalue weighted by Gasteiger charge is 2.34.